The van der Waals surface area contributed by atoms with Crippen LogP contribution < -0.4 is 10.2 Å². The maximum atomic E-state index is 13.3. The Morgan fingerprint density at radius 3 is 2.47 bits per heavy atom. The molecule has 2 amide bonds. The van der Waals surface area contributed by atoms with E-state index in [1.54, 1.807) is 30.3 Å². The molecule has 168 valence electrons. The highest BCUT2D eigenvalue weighted by Crippen LogP contribution is 2.36. The van der Waals surface area contributed by atoms with Crippen LogP contribution in [0.4, 0.5) is 15.8 Å². The summed E-state index contributed by atoms with van der Waals surface area (Å²) < 4.78 is 14.1. The van der Waals surface area contributed by atoms with Gasteiger partial charge in [0.05, 0.1) is 16.3 Å². The van der Waals surface area contributed by atoms with E-state index in [0.717, 1.165) is 21.8 Å². The van der Waals surface area contributed by atoms with Crippen LogP contribution in [0, 0.1) is 12.7 Å². The molecule has 6 nitrogen and oxygen atoms in total. The zero-order chi connectivity index (χ0) is 23.8. The van der Waals surface area contributed by atoms with Crippen molar-refractivity contribution in [2.75, 3.05) is 10.2 Å². The van der Waals surface area contributed by atoms with Crippen molar-refractivity contribution in [2.45, 2.75) is 6.92 Å². The van der Waals surface area contributed by atoms with Crippen molar-refractivity contribution in [3.8, 4) is 0 Å². The van der Waals surface area contributed by atoms with Crippen molar-refractivity contribution in [3.05, 3.63) is 98.6 Å². The summed E-state index contributed by atoms with van der Waals surface area (Å²) in [5.41, 5.74) is 3.80. The van der Waals surface area contributed by atoms with Crippen molar-refractivity contribution in [1.29, 1.82) is 0 Å². The number of amides is 2. The maximum Gasteiger partial charge on any atom is 0.276 e. The van der Waals surface area contributed by atoms with E-state index in [1.165, 1.54) is 17.0 Å². The predicted molar refractivity (Wildman–Crippen MR) is 137 cm³/mol. The molecule has 2 aliphatic rings. The number of aryl methyl sites for hydroxylation is 1. The minimum atomic E-state index is -0.365. The molecule has 9 heteroatoms. The summed E-state index contributed by atoms with van der Waals surface area (Å²) in [6.07, 6.45) is 1.68. The second-order valence-corrected chi connectivity index (χ2v) is 9.54. The maximum absolute atomic E-state index is 13.3. The number of fused-ring (bicyclic) bond motifs is 1. The summed E-state index contributed by atoms with van der Waals surface area (Å²) in [6.45, 7) is 1.96. The van der Waals surface area contributed by atoms with Gasteiger partial charge in [0.1, 0.15) is 5.82 Å². The van der Waals surface area contributed by atoms with E-state index in [9.17, 15) is 14.0 Å². The molecule has 0 aliphatic carbocycles. The van der Waals surface area contributed by atoms with Crippen LogP contribution in [0.5, 0.6) is 0 Å². The lowest BCUT2D eigenvalue weighted by molar-refractivity contribution is -0.113. The monoisotopic (exact) mass is 534 g/mol. The van der Waals surface area contributed by atoms with Crippen LogP contribution >= 0.6 is 27.7 Å². The van der Waals surface area contributed by atoms with Crippen molar-refractivity contribution in [2.24, 2.45) is 10.2 Å². The highest BCUT2D eigenvalue weighted by molar-refractivity contribution is 9.10. The lowest BCUT2D eigenvalue weighted by atomic mass is 10.1. The number of benzene rings is 3. The zero-order valence-corrected chi connectivity index (χ0v) is 20.2. The average Bonchev–Trinajstić information content (AvgIpc) is 3.29. The molecule has 2 aliphatic heterocycles. The third kappa shape index (κ3) is 4.32. The number of halogens is 2. The van der Waals surface area contributed by atoms with Gasteiger partial charge in [-0.15, -0.1) is 10.2 Å². The van der Waals surface area contributed by atoms with E-state index >= 15 is 0 Å². The average molecular weight is 535 g/mol. The van der Waals surface area contributed by atoms with Gasteiger partial charge in [0.25, 0.3) is 11.8 Å². The van der Waals surface area contributed by atoms with E-state index in [-0.39, 0.29) is 23.3 Å². The van der Waals surface area contributed by atoms with Crippen LogP contribution in [-0.2, 0) is 9.59 Å². The minimum Gasteiger partial charge on any atom is -0.320 e. The van der Waals surface area contributed by atoms with E-state index in [2.05, 4.69) is 31.4 Å². The predicted octanol–water partition coefficient (Wildman–Crippen LogP) is 5.73. The van der Waals surface area contributed by atoms with Gasteiger partial charge in [0.15, 0.2) is 5.71 Å². The first-order valence-electron chi connectivity index (χ1n) is 10.2. The first-order valence-corrected chi connectivity index (χ1v) is 11.8. The number of anilines is 2. The quantitative estimate of drug-likeness (QED) is 0.344. The molecule has 3 aromatic rings. The van der Waals surface area contributed by atoms with Gasteiger partial charge in [-0.1, -0.05) is 45.8 Å². The summed E-state index contributed by atoms with van der Waals surface area (Å²) in [4.78, 5) is 27.7. The van der Waals surface area contributed by atoms with Gasteiger partial charge in [0.2, 0.25) is 5.17 Å². The van der Waals surface area contributed by atoms with Gasteiger partial charge in [-0.25, -0.2) is 4.39 Å². The Morgan fingerprint density at radius 2 is 1.74 bits per heavy atom. The van der Waals surface area contributed by atoms with E-state index in [1.807, 2.05) is 37.3 Å². The highest BCUT2D eigenvalue weighted by atomic mass is 79.9. The molecule has 1 saturated heterocycles. The first-order chi connectivity index (χ1) is 16.4. The van der Waals surface area contributed by atoms with E-state index in [0.29, 0.717) is 32.6 Å². The fourth-order valence-corrected chi connectivity index (χ4v) is 4.78. The van der Waals surface area contributed by atoms with Gasteiger partial charge in [-0.3, -0.25) is 14.5 Å². The molecular weight excluding hydrogens is 519 g/mol. The summed E-state index contributed by atoms with van der Waals surface area (Å²) in [7, 11) is 0. The Labute approximate surface area is 207 Å². The van der Waals surface area contributed by atoms with Gasteiger partial charge in [-0.05, 0) is 72.8 Å². The lowest BCUT2D eigenvalue weighted by Gasteiger charge is -2.15. The Balaban J connectivity index is 1.57. The number of carbonyl (C=O) groups excluding carboxylic acids is 2. The van der Waals surface area contributed by atoms with Crippen LogP contribution in [0.3, 0.4) is 0 Å². The number of thioether (sulfide) groups is 1. The van der Waals surface area contributed by atoms with Crippen LogP contribution in [0.1, 0.15) is 16.7 Å². The van der Waals surface area contributed by atoms with Crippen molar-refractivity contribution in [3.63, 3.8) is 0 Å². The number of amidine groups is 1. The van der Waals surface area contributed by atoms with Crippen LogP contribution in [0.25, 0.3) is 6.08 Å². The number of hydrogen-bond acceptors (Lipinski definition) is 5. The molecule has 2 heterocycles. The van der Waals surface area contributed by atoms with Gasteiger partial charge < -0.3 is 5.32 Å². The number of rotatable bonds is 3. The summed E-state index contributed by atoms with van der Waals surface area (Å²) in [5.74, 6) is -0.999. The SMILES string of the molecule is Cc1ccc(N2C(=O)C(=Cc3ccc(F)cc3)SC2=NN=C2C(=O)Nc3ccc(Br)cc32)cc1. The Morgan fingerprint density at radius 1 is 1.00 bits per heavy atom. The molecular formula is C25H16BrFN4O2S. The van der Waals surface area contributed by atoms with E-state index < -0.39 is 0 Å². The fraction of sp³-hybridized carbons (Fsp3) is 0.0400. The van der Waals surface area contributed by atoms with Crippen LogP contribution in [-0.4, -0.2) is 22.7 Å². The molecule has 3 aromatic carbocycles. The second-order valence-electron chi connectivity index (χ2n) is 7.61. The third-order valence-corrected chi connectivity index (χ3v) is 6.65. The minimum absolute atomic E-state index is 0.164. The van der Waals surface area contributed by atoms with E-state index in [4.69, 9.17) is 0 Å². The molecule has 34 heavy (non-hydrogen) atoms. The second kappa shape index (κ2) is 9.00. The topological polar surface area (TPSA) is 74.1 Å². The molecule has 0 saturated carbocycles. The largest absolute Gasteiger partial charge is 0.320 e. The Hall–Kier alpha value is -3.56. The lowest BCUT2D eigenvalue weighted by Crippen LogP contribution is -2.28. The molecule has 0 unspecified atom stereocenters. The summed E-state index contributed by atoms with van der Waals surface area (Å²) >= 11 is 4.55. The van der Waals surface area contributed by atoms with Crippen molar-refractivity contribution >= 4 is 67.8 Å². The Bertz CT molecular complexity index is 1420. The van der Waals surface area contributed by atoms with Crippen LogP contribution in [0.2, 0.25) is 0 Å². The molecule has 1 fully saturated rings. The number of carbonyl (C=O) groups is 2. The first kappa shape index (κ1) is 22.2. The molecule has 1 N–H and O–H groups in total. The smallest absolute Gasteiger partial charge is 0.276 e. The summed E-state index contributed by atoms with van der Waals surface area (Å²) in [6, 6.07) is 18.7. The summed E-state index contributed by atoms with van der Waals surface area (Å²) in [5, 5.41) is 11.6. The molecule has 0 spiro atoms. The Kier molecular flexibility index (Phi) is 5.89. The fourth-order valence-electron chi connectivity index (χ4n) is 3.49. The highest BCUT2D eigenvalue weighted by Gasteiger charge is 2.35. The zero-order valence-electron chi connectivity index (χ0n) is 17.8. The van der Waals surface area contributed by atoms with Crippen molar-refractivity contribution < 1.29 is 14.0 Å². The molecule has 5 rings (SSSR count). The molecule has 0 atom stereocenters. The third-order valence-electron chi connectivity index (χ3n) is 5.20. The normalized spacial score (nSPS) is 18.8. The van der Waals surface area contributed by atoms with Gasteiger partial charge in [-0.2, -0.15) is 0 Å². The molecule has 0 aromatic heterocycles. The van der Waals surface area contributed by atoms with Gasteiger partial charge >= 0.3 is 0 Å². The van der Waals surface area contributed by atoms with Crippen molar-refractivity contribution in [1.82, 2.24) is 0 Å². The number of nitrogens with one attached hydrogen (secondary N) is 1. The standard InChI is InChI=1S/C25H16BrFN4O2S/c1-14-2-9-18(10-3-14)31-24(33)21(12-15-4-7-17(27)8-5-15)34-25(31)30-29-22-19-13-16(26)6-11-20(19)28-23(22)32/h2-13H,1H3,(H,28,29,32). The van der Waals surface area contributed by atoms with Gasteiger partial charge in [0, 0.05) is 10.0 Å². The molecule has 0 bridgehead atoms. The van der Waals surface area contributed by atoms with Crippen LogP contribution in [0.15, 0.2) is 86.3 Å². The number of nitrogens with zero attached hydrogens (tertiary/aromatic N) is 3. The molecule has 0 radical (unpaired) electrons. The number of hydrogen-bond donors (Lipinski definition) is 1.